The summed E-state index contributed by atoms with van der Waals surface area (Å²) in [7, 11) is 0. The van der Waals surface area contributed by atoms with Crippen molar-refractivity contribution in [1.82, 2.24) is 0 Å². The van der Waals surface area contributed by atoms with Crippen LogP contribution in [0.1, 0.15) is 16.7 Å². The van der Waals surface area contributed by atoms with Crippen LogP contribution in [0.25, 0.3) is 0 Å². The number of amidine groups is 1. The van der Waals surface area contributed by atoms with Gasteiger partial charge in [0.1, 0.15) is 0 Å². The molecular weight excluding hydrogens is 330 g/mol. The number of halogens is 1. The van der Waals surface area contributed by atoms with Crippen molar-refractivity contribution in [3.63, 3.8) is 0 Å². The topological polar surface area (TPSA) is 61.9 Å². The van der Waals surface area contributed by atoms with Crippen LogP contribution >= 0.6 is 15.9 Å². The SMILES string of the molecule is N/C(=N/O)c1c(Br)cccc1N1CCc2ccccc2C1. The first-order valence-electron chi connectivity index (χ1n) is 6.79. The number of nitrogens with zero attached hydrogens (tertiary/aromatic N) is 2. The molecule has 0 unspecified atom stereocenters. The molecule has 0 radical (unpaired) electrons. The maximum atomic E-state index is 9.02. The fourth-order valence-electron chi connectivity index (χ4n) is 2.78. The van der Waals surface area contributed by atoms with Crippen molar-refractivity contribution in [2.45, 2.75) is 13.0 Å². The number of fused-ring (bicyclic) bond motifs is 1. The van der Waals surface area contributed by atoms with Crippen LogP contribution in [-0.2, 0) is 13.0 Å². The van der Waals surface area contributed by atoms with Gasteiger partial charge in [0.25, 0.3) is 0 Å². The molecule has 0 spiro atoms. The fourth-order valence-corrected chi connectivity index (χ4v) is 3.34. The zero-order valence-corrected chi connectivity index (χ0v) is 13.0. The van der Waals surface area contributed by atoms with E-state index >= 15 is 0 Å². The van der Waals surface area contributed by atoms with Crippen LogP contribution in [0.2, 0.25) is 0 Å². The Hall–Kier alpha value is -2.01. The van der Waals surface area contributed by atoms with E-state index in [0.29, 0.717) is 0 Å². The van der Waals surface area contributed by atoms with Crippen LogP contribution in [0.4, 0.5) is 5.69 Å². The molecular formula is C16H16BrN3O. The zero-order chi connectivity index (χ0) is 14.8. The van der Waals surface area contributed by atoms with Gasteiger partial charge in [0, 0.05) is 23.2 Å². The molecule has 3 rings (SSSR count). The van der Waals surface area contributed by atoms with Gasteiger partial charge in [-0.3, -0.25) is 0 Å². The van der Waals surface area contributed by atoms with E-state index in [1.165, 1.54) is 11.1 Å². The van der Waals surface area contributed by atoms with Gasteiger partial charge in [0.05, 0.1) is 5.56 Å². The zero-order valence-electron chi connectivity index (χ0n) is 11.5. The molecule has 0 fully saturated rings. The van der Waals surface area contributed by atoms with E-state index in [1.54, 1.807) is 0 Å². The summed E-state index contributed by atoms with van der Waals surface area (Å²) in [5, 5.41) is 12.2. The molecule has 0 bridgehead atoms. The molecule has 108 valence electrons. The summed E-state index contributed by atoms with van der Waals surface area (Å²) in [5.41, 5.74) is 10.3. The van der Waals surface area contributed by atoms with Gasteiger partial charge in [-0.25, -0.2) is 0 Å². The predicted molar refractivity (Wildman–Crippen MR) is 87.8 cm³/mol. The highest BCUT2D eigenvalue weighted by molar-refractivity contribution is 9.10. The predicted octanol–water partition coefficient (Wildman–Crippen LogP) is 3.11. The second kappa shape index (κ2) is 5.77. The monoisotopic (exact) mass is 345 g/mol. The van der Waals surface area contributed by atoms with Gasteiger partial charge < -0.3 is 15.8 Å². The van der Waals surface area contributed by atoms with Crippen molar-refractivity contribution in [2.75, 3.05) is 11.4 Å². The molecule has 21 heavy (non-hydrogen) atoms. The van der Waals surface area contributed by atoms with Crippen molar-refractivity contribution >= 4 is 27.5 Å². The lowest BCUT2D eigenvalue weighted by Gasteiger charge is -2.32. The number of anilines is 1. The number of hydrogen-bond donors (Lipinski definition) is 2. The van der Waals surface area contributed by atoms with Crippen LogP contribution in [0, 0.1) is 0 Å². The molecule has 0 atom stereocenters. The van der Waals surface area contributed by atoms with E-state index in [9.17, 15) is 0 Å². The standard InChI is InChI=1S/C16H16BrN3O/c17-13-6-3-7-14(15(13)16(18)19-21)20-9-8-11-4-1-2-5-12(11)10-20/h1-7,21H,8-10H2,(H2,18,19). The Morgan fingerprint density at radius 3 is 2.67 bits per heavy atom. The maximum Gasteiger partial charge on any atom is 0.173 e. The van der Waals surface area contributed by atoms with E-state index in [4.69, 9.17) is 10.9 Å². The van der Waals surface area contributed by atoms with Crippen molar-refractivity contribution in [3.8, 4) is 0 Å². The molecule has 0 saturated heterocycles. The van der Waals surface area contributed by atoms with Crippen LogP contribution in [0.5, 0.6) is 0 Å². The molecule has 0 aliphatic carbocycles. The number of rotatable bonds is 2. The smallest absolute Gasteiger partial charge is 0.173 e. The number of benzene rings is 2. The summed E-state index contributed by atoms with van der Waals surface area (Å²) in [4.78, 5) is 2.26. The average Bonchev–Trinajstić information content (AvgIpc) is 2.53. The minimum absolute atomic E-state index is 0.122. The van der Waals surface area contributed by atoms with Gasteiger partial charge in [-0.05, 0) is 45.6 Å². The Balaban J connectivity index is 2.01. The highest BCUT2D eigenvalue weighted by Crippen LogP contribution is 2.31. The third-order valence-electron chi connectivity index (χ3n) is 3.83. The lowest BCUT2D eigenvalue weighted by molar-refractivity contribution is 0.318. The highest BCUT2D eigenvalue weighted by atomic mass is 79.9. The first-order chi connectivity index (χ1) is 10.2. The lowest BCUT2D eigenvalue weighted by Crippen LogP contribution is -2.32. The third kappa shape index (κ3) is 2.61. The Kier molecular flexibility index (Phi) is 3.84. The third-order valence-corrected chi connectivity index (χ3v) is 4.49. The molecule has 4 nitrogen and oxygen atoms in total. The number of oxime groups is 1. The summed E-state index contributed by atoms with van der Waals surface area (Å²) in [6.45, 7) is 1.75. The summed E-state index contributed by atoms with van der Waals surface area (Å²) < 4.78 is 0.828. The molecule has 0 saturated carbocycles. The Labute approximate surface area is 132 Å². The lowest BCUT2D eigenvalue weighted by atomic mass is 9.98. The van der Waals surface area contributed by atoms with E-state index < -0.39 is 0 Å². The van der Waals surface area contributed by atoms with Gasteiger partial charge in [-0.15, -0.1) is 0 Å². The van der Waals surface area contributed by atoms with Crippen LogP contribution in [-0.4, -0.2) is 17.6 Å². The molecule has 1 heterocycles. The van der Waals surface area contributed by atoms with Gasteiger partial charge in [-0.1, -0.05) is 35.5 Å². The minimum atomic E-state index is 0.122. The molecule has 1 aliphatic rings. The normalized spacial score (nSPS) is 14.9. The van der Waals surface area contributed by atoms with Crippen LogP contribution < -0.4 is 10.6 Å². The quantitative estimate of drug-likeness (QED) is 0.380. The summed E-state index contributed by atoms with van der Waals surface area (Å²) in [5.74, 6) is 0.122. The van der Waals surface area contributed by atoms with Gasteiger partial charge >= 0.3 is 0 Å². The highest BCUT2D eigenvalue weighted by Gasteiger charge is 2.21. The van der Waals surface area contributed by atoms with Gasteiger partial charge in [-0.2, -0.15) is 0 Å². The maximum absolute atomic E-state index is 9.02. The van der Waals surface area contributed by atoms with Crippen molar-refractivity contribution < 1.29 is 5.21 Å². The van der Waals surface area contributed by atoms with E-state index in [0.717, 1.165) is 35.2 Å². The van der Waals surface area contributed by atoms with Crippen molar-refractivity contribution in [3.05, 3.63) is 63.6 Å². The number of hydrogen-bond acceptors (Lipinski definition) is 3. The van der Waals surface area contributed by atoms with Crippen LogP contribution in [0.3, 0.4) is 0 Å². The molecule has 3 N–H and O–H groups in total. The second-order valence-electron chi connectivity index (χ2n) is 5.06. The molecule has 0 amide bonds. The Morgan fingerprint density at radius 2 is 1.90 bits per heavy atom. The summed E-state index contributed by atoms with van der Waals surface area (Å²) >= 11 is 3.49. The summed E-state index contributed by atoms with van der Waals surface area (Å²) in [6, 6.07) is 14.3. The average molecular weight is 346 g/mol. The molecule has 2 aromatic carbocycles. The first-order valence-corrected chi connectivity index (χ1v) is 7.58. The first kappa shape index (κ1) is 13.9. The molecule has 2 aromatic rings. The summed E-state index contributed by atoms with van der Waals surface area (Å²) in [6.07, 6.45) is 0.998. The van der Waals surface area contributed by atoms with Crippen LogP contribution in [0.15, 0.2) is 52.1 Å². The molecule has 5 heteroatoms. The van der Waals surface area contributed by atoms with E-state index in [2.05, 4.69) is 50.3 Å². The molecule has 1 aliphatic heterocycles. The minimum Gasteiger partial charge on any atom is -0.409 e. The fraction of sp³-hybridized carbons (Fsp3) is 0.188. The van der Waals surface area contributed by atoms with Gasteiger partial charge in [0.2, 0.25) is 0 Å². The van der Waals surface area contributed by atoms with E-state index in [1.807, 2.05) is 18.2 Å². The van der Waals surface area contributed by atoms with E-state index in [-0.39, 0.29) is 5.84 Å². The van der Waals surface area contributed by atoms with Crippen molar-refractivity contribution in [1.29, 1.82) is 0 Å². The molecule has 0 aromatic heterocycles. The largest absolute Gasteiger partial charge is 0.409 e. The Bertz CT molecular complexity index is 700. The second-order valence-corrected chi connectivity index (χ2v) is 5.91. The van der Waals surface area contributed by atoms with Gasteiger partial charge in [0.15, 0.2) is 5.84 Å². The van der Waals surface area contributed by atoms with Crippen molar-refractivity contribution in [2.24, 2.45) is 10.9 Å². The number of nitrogens with two attached hydrogens (primary N) is 1. The Morgan fingerprint density at radius 1 is 1.14 bits per heavy atom.